The summed E-state index contributed by atoms with van der Waals surface area (Å²) in [5.41, 5.74) is 1.50. The number of aromatic nitrogens is 1. The second-order valence-corrected chi connectivity index (χ2v) is 12.2. The number of amides is 2. The molecule has 12 heteroatoms. The maximum Gasteiger partial charge on any atom is 0.330 e. The van der Waals surface area contributed by atoms with E-state index in [4.69, 9.17) is 0 Å². The van der Waals surface area contributed by atoms with E-state index in [1.807, 2.05) is 0 Å². The number of halogens is 2. The number of benzene rings is 2. The zero-order chi connectivity index (χ0) is 26.3. The maximum atomic E-state index is 14.2. The summed E-state index contributed by atoms with van der Waals surface area (Å²) in [4.78, 5) is 20.8. The number of nitrogens with zero attached hydrogens (tertiary/aromatic N) is 3. The molecule has 2 aromatic carbocycles. The quantitative estimate of drug-likeness (QED) is 0.475. The SMILES string of the molecule is Cc1nc(N2CCCN(c3ccc(-c4cc(F)ccc4F)cc3)C2=O)sc1S(=O)(=O)N[C@H]1CC[C@H](O)C1. The van der Waals surface area contributed by atoms with Crippen LogP contribution in [0.3, 0.4) is 0 Å². The number of anilines is 2. The normalized spacial score (nSPS) is 20.6. The van der Waals surface area contributed by atoms with Crippen LogP contribution >= 0.6 is 11.3 Å². The summed E-state index contributed by atoms with van der Waals surface area (Å²) >= 11 is 0.938. The van der Waals surface area contributed by atoms with Gasteiger partial charge in [-0.15, -0.1) is 0 Å². The number of urea groups is 1. The minimum Gasteiger partial charge on any atom is -0.393 e. The first kappa shape index (κ1) is 25.7. The molecule has 0 unspecified atom stereocenters. The second-order valence-electron chi connectivity index (χ2n) is 9.26. The van der Waals surface area contributed by atoms with Crippen LogP contribution in [0.1, 0.15) is 31.4 Å². The molecule has 2 atom stereocenters. The first-order valence-electron chi connectivity index (χ1n) is 11.9. The van der Waals surface area contributed by atoms with E-state index < -0.39 is 27.8 Å². The number of hydrogen-bond acceptors (Lipinski definition) is 6. The Morgan fingerprint density at radius 3 is 2.51 bits per heavy atom. The Hall–Kier alpha value is -2.93. The summed E-state index contributed by atoms with van der Waals surface area (Å²) in [7, 11) is -3.85. The van der Waals surface area contributed by atoms with Crippen LogP contribution < -0.4 is 14.5 Å². The number of carbonyl (C=O) groups excluding carboxylic acids is 1. The molecule has 3 aromatic rings. The van der Waals surface area contributed by atoms with Gasteiger partial charge in [0.1, 0.15) is 11.6 Å². The number of aryl methyl sites for hydroxylation is 1. The fourth-order valence-corrected chi connectivity index (χ4v) is 7.57. The molecule has 8 nitrogen and oxygen atoms in total. The molecule has 0 bridgehead atoms. The highest BCUT2D eigenvalue weighted by molar-refractivity contribution is 7.91. The summed E-state index contributed by atoms with van der Waals surface area (Å²) < 4.78 is 56.4. The van der Waals surface area contributed by atoms with Crippen LogP contribution in [0.5, 0.6) is 0 Å². The highest BCUT2D eigenvalue weighted by atomic mass is 32.2. The zero-order valence-electron chi connectivity index (χ0n) is 20.0. The van der Waals surface area contributed by atoms with Gasteiger partial charge >= 0.3 is 6.03 Å². The van der Waals surface area contributed by atoms with Crippen molar-refractivity contribution in [2.75, 3.05) is 22.9 Å². The van der Waals surface area contributed by atoms with Crippen molar-refractivity contribution in [3.63, 3.8) is 0 Å². The third kappa shape index (κ3) is 5.24. The fraction of sp³-hybridized carbons (Fsp3) is 0.360. The van der Waals surface area contributed by atoms with Gasteiger partial charge in [0, 0.05) is 30.4 Å². The number of thiazole rings is 1. The summed E-state index contributed by atoms with van der Waals surface area (Å²) in [6.45, 7) is 2.43. The number of aliphatic hydroxyl groups is 1. The minimum atomic E-state index is -3.85. The molecule has 1 saturated carbocycles. The minimum absolute atomic E-state index is 0.0512. The van der Waals surface area contributed by atoms with Gasteiger partial charge in [-0.25, -0.2) is 31.7 Å². The predicted molar refractivity (Wildman–Crippen MR) is 137 cm³/mol. The smallest absolute Gasteiger partial charge is 0.330 e. The molecule has 2 heterocycles. The predicted octanol–water partition coefficient (Wildman–Crippen LogP) is 4.43. The van der Waals surface area contributed by atoms with Crippen LogP contribution in [0.25, 0.3) is 11.1 Å². The molecule has 2 aliphatic rings. The number of carbonyl (C=O) groups is 1. The van der Waals surface area contributed by atoms with E-state index in [0.717, 1.165) is 29.5 Å². The highest BCUT2D eigenvalue weighted by Crippen LogP contribution is 2.34. The van der Waals surface area contributed by atoms with Crippen molar-refractivity contribution >= 4 is 38.2 Å². The molecule has 1 saturated heterocycles. The van der Waals surface area contributed by atoms with E-state index in [1.54, 1.807) is 36.1 Å². The summed E-state index contributed by atoms with van der Waals surface area (Å²) in [6.07, 6.45) is 1.61. The molecule has 2 amide bonds. The second kappa shape index (κ2) is 10.1. The summed E-state index contributed by atoms with van der Waals surface area (Å²) in [5, 5.41) is 10.0. The lowest BCUT2D eigenvalue weighted by Gasteiger charge is -2.34. The highest BCUT2D eigenvalue weighted by Gasteiger charge is 2.34. The molecular weight excluding hydrogens is 522 g/mol. The first-order chi connectivity index (χ1) is 17.6. The van der Waals surface area contributed by atoms with Gasteiger partial charge in [-0.3, -0.25) is 9.80 Å². The van der Waals surface area contributed by atoms with Crippen molar-refractivity contribution in [1.29, 1.82) is 0 Å². The Kier molecular flexibility index (Phi) is 7.01. The van der Waals surface area contributed by atoms with Gasteiger partial charge in [0.15, 0.2) is 9.34 Å². The Labute approximate surface area is 217 Å². The third-order valence-electron chi connectivity index (χ3n) is 6.59. The van der Waals surface area contributed by atoms with Crippen molar-refractivity contribution in [3.8, 4) is 11.1 Å². The van der Waals surface area contributed by atoms with E-state index in [1.165, 1.54) is 4.90 Å². The van der Waals surface area contributed by atoms with Crippen molar-refractivity contribution in [1.82, 2.24) is 9.71 Å². The lowest BCUT2D eigenvalue weighted by atomic mass is 10.0. The van der Waals surface area contributed by atoms with Crippen LogP contribution in [0.4, 0.5) is 24.4 Å². The van der Waals surface area contributed by atoms with Gasteiger partial charge < -0.3 is 5.11 Å². The molecule has 0 radical (unpaired) electrons. The standard InChI is InChI=1S/C25H26F2N4O4S2/c1-15-23(37(34,35)29-18-6-9-20(32)14-18)36-24(28-15)31-12-2-11-30(25(31)33)19-7-3-16(4-8-19)21-13-17(26)5-10-22(21)27/h3-5,7-8,10,13,18,20,29,32H,2,6,9,11-12,14H2,1H3/t18-,20-/m0/s1. The lowest BCUT2D eigenvalue weighted by Crippen LogP contribution is -2.49. The molecule has 2 fully saturated rings. The lowest BCUT2D eigenvalue weighted by molar-refractivity contribution is 0.181. The first-order valence-corrected chi connectivity index (χ1v) is 14.2. The van der Waals surface area contributed by atoms with Crippen LogP contribution in [0, 0.1) is 18.6 Å². The molecule has 196 valence electrons. The van der Waals surface area contributed by atoms with E-state index in [-0.39, 0.29) is 27.0 Å². The topological polar surface area (TPSA) is 103 Å². The monoisotopic (exact) mass is 548 g/mol. The summed E-state index contributed by atoms with van der Waals surface area (Å²) in [5.74, 6) is -1.09. The van der Waals surface area contributed by atoms with Crippen LogP contribution in [-0.4, -0.2) is 49.8 Å². The number of hydrogen-bond donors (Lipinski definition) is 2. The largest absolute Gasteiger partial charge is 0.393 e. The summed E-state index contributed by atoms with van der Waals surface area (Å²) in [6, 6.07) is 9.17. The van der Waals surface area contributed by atoms with Gasteiger partial charge in [-0.1, -0.05) is 23.5 Å². The van der Waals surface area contributed by atoms with Gasteiger partial charge in [-0.05, 0) is 68.5 Å². The Morgan fingerprint density at radius 1 is 1.08 bits per heavy atom. The van der Waals surface area contributed by atoms with Crippen molar-refractivity contribution < 1.29 is 27.1 Å². The average Bonchev–Trinajstić information content (AvgIpc) is 3.46. The van der Waals surface area contributed by atoms with Crippen LogP contribution in [-0.2, 0) is 10.0 Å². The van der Waals surface area contributed by atoms with Crippen molar-refractivity contribution in [3.05, 3.63) is 59.8 Å². The van der Waals surface area contributed by atoms with Crippen molar-refractivity contribution in [2.24, 2.45) is 0 Å². The maximum absolute atomic E-state index is 14.2. The van der Waals surface area contributed by atoms with Gasteiger partial charge in [0.2, 0.25) is 0 Å². The molecule has 37 heavy (non-hydrogen) atoms. The molecule has 5 rings (SSSR count). The number of sulfonamides is 1. The van der Waals surface area contributed by atoms with Gasteiger partial charge in [0.05, 0.1) is 11.8 Å². The fourth-order valence-electron chi connectivity index (χ4n) is 4.75. The molecule has 1 aliphatic carbocycles. The number of aliphatic hydroxyl groups excluding tert-OH is 1. The van der Waals surface area contributed by atoms with Gasteiger partial charge in [0.25, 0.3) is 10.0 Å². The number of rotatable bonds is 6. The molecule has 0 spiro atoms. The van der Waals surface area contributed by atoms with E-state index in [2.05, 4.69) is 9.71 Å². The molecule has 2 N–H and O–H groups in total. The molecule has 1 aliphatic heterocycles. The van der Waals surface area contributed by atoms with E-state index in [0.29, 0.717) is 55.7 Å². The number of nitrogens with one attached hydrogen (secondary N) is 1. The molecule has 1 aromatic heterocycles. The van der Waals surface area contributed by atoms with E-state index in [9.17, 15) is 27.1 Å². The Balaban J connectivity index is 1.35. The third-order valence-corrected chi connectivity index (χ3v) is 9.90. The molecular formula is C25H26F2N4O4S2. The van der Waals surface area contributed by atoms with E-state index >= 15 is 0 Å². The van der Waals surface area contributed by atoms with Crippen LogP contribution in [0.2, 0.25) is 0 Å². The van der Waals surface area contributed by atoms with Gasteiger partial charge in [-0.2, -0.15) is 0 Å². The average molecular weight is 549 g/mol. The van der Waals surface area contributed by atoms with Crippen LogP contribution in [0.15, 0.2) is 46.7 Å². The Bertz CT molecular complexity index is 1430. The van der Waals surface area contributed by atoms with Crippen molar-refractivity contribution in [2.45, 2.75) is 49.0 Å². The Morgan fingerprint density at radius 2 is 1.81 bits per heavy atom. The zero-order valence-corrected chi connectivity index (χ0v) is 21.7.